The highest BCUT2D eigenvalue weighted by molar-refractivity contribution is 9.10. The van der Waals surface area contributed by atoms with Crippen LogP contribution in [0.4, 0.5) is 18.9 Å². The summed E-state index contributed by atoms with van der Waals surface area (Å²) >= 11 is 2.88. The van der Waals surface area contributed by atoms with Crippen molar-refractivity contribution in [2.24, 2.45) is 10.9 Å². The van der Waals surface area contributed by atoms with Gasteiger partial charge in [0.15, 0.2) is 0 Å². The van der Waals surface area contributed by atoms with Crippen molar-refractivity contribution in [2.45, 2.75) is 32.0 Å². The molecule has 8 heteroatoms. The Labute approximate surface area is 123 Å². The van der Waals surface area contributed by atoms with Gasteiger partial charge in [-0.25, -0.2) is 0 Å². The Hall–Kier alpha value is -1.44. The molecule has 0 bridgehead atoms. The second-order valence-electron chi connectivity index (χ2n) is 4.24. The number of oxime groups is 1. The molecule has 0 aliphatic carbocycles. The summed E-state index contributed by atoms with van der Waals surface area (Å²) in [6.07, 6.45) is -3.57. The quantitative estimate of drug-likeness (QED) is 0.326. The predicted octanol–water partition coefficient (Wildman–Crippen LogP) is 3.79. The van der Waals surface area contributed by atoms with Gasteiger partial charge in [0.05, 0.1) is 5.56 Å². The fourth-order valence-corrected chi connectivity index (χ4v) is 2.13. The van der Waals surface area contributed by atoms with Crippen LogP contribution in [0.15, 0.2) is 27.8 Å². The fraction of sp³-hybridized carbons (Fsp3) is 0.417. The Bertz CT molecular complexity index is 491. The van der Waals surface area contributed by atoms with Gasteiger partial charge in [0.25, 0.3) is 0 Å². The van der Waals surface area contributed by atoms with Crippen LogP contribution in [0, 0.1) is 0 Å². The van der Waals surface area contributed by atoms with E-state index in [-0.39, 0.29) is 22.8 Å². The van der Waals surface area contributed by atoms with Gasteiger partial charge in [-0.2, -0.15) is 13.2 Å². The summed E-state index contributed by atoms with van der Waals surface area (Å²) in [6, 6.07) is 3.68. The molecule has 0 aromatic heterocycles. The highest BCUT2D eigenvalue weighted by Gasteiger charge is 2.33. The number of nitrogens with one attached hydrogen (secondary N) is 1. The maximum absolute atomic E-state index is 12.8. The molecule has 0 fully saturated rings. The lowest BCUT2D eigenvalue weighted by atomic mass is 10.1. The average Bonchev–Trinajstić information content (AvgIpc) is 2.38. The Kier molecular flexibility index (Phi) is 5.67. The molecule has 20 heavy (non-hydrogen) atoms. The van der Waals surface area contributed by atoms with Crippen molar-refractivity contribution in [1.82, 2.24) is 0 Å². The van der Waals surface area contributed by atoms with Crippen LogP contribution < -0.4 is 11.1 Å². The van der Waals surface area contributed by atoms with Crippen LogP contribution in [0.25, 0.3) is 0 Å². The van der Waals surface area contributed by atoms with Crippen LogP contribution in [0.2, 0.25) is 0 Å². The first kappa shape index (κ1) is 16.6. The Balaban J connectivity index is 2.92. The second-order valence-corrected chi connectivity index (χ2v) is 5.09. The fourth-order valence-electron chi connectivity index (χ4n) is 1.66. The van der Waals surface area contributed by atoms with Crippen LogP contribution in [0.1, 0.15) is 25.3 Å². The van der Waals surface area contributed by atoms with E-state index in [2.05, 4.69) is 26.4 Å². The number of halogens is 4. The van der Waals surface area contributed by atoms with E-state index in [1.807, 2.05) is 6.92 Å². The molecule has 0 saturated heterocycles. The maximum atomic E-state index is 12.8. The summed E-state index contributed by atoms with van der Waals surface area (Å²) in [6.45, 7) is 1.85. The molecule has 1 rings (SSSR count). The van der Waals surface area contributed by atoms with Gasteiger partial charge < -0.3 is 16.3 Å². The highest BCUT2D eigenvalue weighted by atomic mass is 79.9. The number of hydrogen-bond donors (Lipinski definition) is 3. The second kappa shape index (κ2) is 6.83. The van der Waals surface area contributed by atoms with E-state index in [4.69, 9.17) is 10.9 Å². The van der Waals surface area contributed by atoms with Gasteiger partial charge in [-0.15, -0.1) is 0 Å². The Morgan fingerprint density at radius 1 is 1.50 bits per heavy atom. The summed E-state index contributed by atoms with van der Waals surface area (Å²) in [5.41, 5.74) is 4.98. The third-order valence-corrected chi connectivity index (χ3v) is 3.41. The summed E-state index contributed by atoms with van der Waals surface area (Å²) in [5.74, 6) is 0.0255. The number of alkyl halides is 3. The van der Waals surface area contributed by atoms with Crippen molar-refractivity contribution < 1.29 is 18.4 Å². The first-order valence-corrected chi connectivity index (χ1v) is 6.67. The zero-order valence-electron chi connectivity index (χ0n) is 10.7. The minimum absolute atomic E-state index is 0.0139. The Morgan fingerprint density at radius 3 is 2.65 bits per heavy atom. The SMILES string of the molecule is CCC(CC(N)=NO)Nc1ccc(Br)c(C(F)(F)F)c1. The third-order valence-electron chi connectivity index (χ3n) is 2.72. The smallest absolute Gasteiger partial charge is 0.409 e. The van der Waals surface area contributed by atoms with Crippen molar-refractivity contribution in [2.75, 3.05) is 5.32 Å². The van der Waals surface area contributed by atoms with Gasteiger partial charge in [0, 0.05) is 22.6 Å². The molecule has 4 nitrogen and oxygen atoms in total. The van der Waals surface area contributed by atoms with Crippen LogP contribution in [0.5, 0.6) is 0 Å². The molecule has 4 N–H and O–H groups in total. The lowest BCUT2D eigenvalue weighted by Crippen LogP contribution is -2.26. The van der Waals surface area contributed by atoms with E-state index in [0.717, 1.165) is 6.07 Å². The summed E-state index contributed by atoms with van der Waals surface area (Å²) in [4.78, 5) is 0. The van der Waals surface area contributed by atoms with E-state index >= 15 is 0 Å². The van der Waals surface area contributed by atoms with Crippen molar-refractivity contribution >= 4 is 27.5 Å². The predicted molar refractivity (Wildman–Crippen MR) is 74.9 cm³/mol. The van der Waals surface area contributed by atoms with E-state index in [9.17, 15) is 13.2 Å². The Morgan fingerprint density at radius 2 is 2.15 bits per heavy atom. The van der Waals surface area contributed by atoms with E-state index in [1.165, 1.54) is 12.1 Å². The van der Waals surface area contributed by atoms with Crippen molar-refractivity contribution in [3.63, 3.8) is 0 Å². The zero-order chi connectivity index (χ0) is 15.3. The standard InChI is InChI=1S/C12H15BrF3N3O/c1-2-7(6-11(17)19-20)18-8-3-4-10(13)9(5-8)12(14,15)16/h3-5,7,18,20H,2,6H2,1H3,(H2,17,19). The average molecular weight is 354 g/mol. The number of benzene rings is 1. The third kappa shape index (κ3) is 4.59. The molecule has 0 saturated carbocycles. The van der Waals surface area contributed by atoms with Crippen LogP contribution in [-0.4, -0.2) is 17.1 Å². The summed E-state index contributed by atoms with van der Waals surface area (Å²) in [5, 5.41) is 14.3. The zero-order valence-corrected chi connectivity index (χ0v) is 12.3. The van der Waals surface area contributed by atoms with Gasteiger partial charge in [0.2, 0.25) is 0 Å². The number of amidine groups is 1. The van der Waals surface area contributed by atoms with E-state index in [0.29, 0.717) is 12.1 Å². The highest BCUT2D eigenvalue weighted by Crippen LogP contribution is 2.36. The van der Waals surface area contributed by atoms with Crippen LogP contribution in [-0.2, 0) is 6.18 Å². The first-order valence-electron chi connectivity index (χ1n) is 5.87. The van der Waals surface area contributed by atoms with Gasteiger partial charge in [-0.1, -0.05) is 28.0 Å². The molecule has 1 atom stereocenters. The van der Waals surface area contributed by atoms with Gasteiger partial charge in [-0.05, 0) is 24.6 Å². The topological polar surface area (TPSA) is 70.6 Å². The lowest BCUT2D eigenvalue weighted by Gasteiger charge is -2.19. The summed E-state index contributed by atoms with van der Waals surface area (Å²) in [7, 11) is 0. The number of anilines is 1. The molecular weight excluding hydrogens is 339 g/mol. The van der Waals surface area contributed by atoms with Gasteiger partial charge in [-0.3, -0.25) is 0 Å². The maximum Gasteiger partial charge on any atom is 0.417 e. The molecule has 112 valence electrons. The number of hydrogen-bond acceptors (Lipinski definition) is 3. The summed E-state index contributed by atoms with van der Waals surface area (Å²) < 4.78 is 38.3. The van der Waals surface area contributed by atoms with Gasteiger partial charge >= 0.3 is 6.18 Å². The minimum Gasteiger partial charge on any atom is -0.409 e. The molecule has 0 spiro atoms. The number of nitrogens with two attached hydrogens (primary N) is 1. The van der Waals surface area contributed by atoms with Crippen LogP contribution in [0.3, 0.4) is 0 Å². The first-order chi connectivity index (χ1) is 9.27. The monoisotopic (exact) mass is 353 g/mol. The van der Waals surface area contributed by atoms with Gasteiger partial charge in [0.1, 0.15) is 5.84 Å². The molecule has 1 unspecified atom stereocenters. The molecule has 1 aromatic rings. The van der Waals surface area contributed by atoms with E-state index < -0.39 is 11.7 Å². The molecule has 0 radical (unpaired) electrons. The minimum atomic E-state index is -4.43. The molecular formula is C12H15BrF3N3O. The van der Waals surface area contributed by atoms with Crippen molar-refractivity contribution in [3.8, 4) is 0 Å². The molecule has 0 aliphatic rings. The molecule has 0 heterocycles. The molecule has 0 aliphatic heterocycles. The van der Waals surface area contributed by atoms with E-state index in [1.54, 1.807) is 0 Å². The largest absolute Gasteiger partial charge is 0.417 e. The lowest BCUT2D eigenvalue weighted by molar-refractivity contribution is -0.138. The van der Waals surface area contributed by atoms with Crippen molar-refractivity contribution in [1.29, 1.82) is 0 Å². The molecule has 1 aromatic carbocycles. The normalized spacial score (nSPS) is 14.2. The molecule has 0 amide bonds. The van der Waals surface area contributed by atoms with Crippen molar-refractivity contribution in [3.05, 3.63) is 28.2 Å². The number of rotatable bonds is 5. The number of nitrogens with zero attached hydrogens (tertiary/aromatic N) is 1. The van der Waals surface area contributed by atoms with Crippen LogP contribution >= 0.6 is 15.9 Å².